The van der Waals surface area contributed by atoms with E-state index in [9.17, 15) is 5.11 Å². The van der Waals surface area contributed by atoms with Gasteiger partial charge in [0.2, 0.25) is 0 Å². The highest BCUT2D eigenvalue weighted by molar-refractivity contribution is 5.59. The minimum atomic E-state index is -0.135. The minimum Gasteiger partial charge on any atom is -0.393 e. The van der Waals surface area contributed by atoms with Gasteiger partial charge in [0.05, 0.1) is 6.10 Å². The molecule has 1 aromatic rings. The number of aromatic nitrogens is 2. The lowest BCUT2D eigenvalue weighted by molar-refractivity contribution is 0.126. The Bertz CT molecular complexity index is 451. The van der Waals surface area contributed by atoms with Gasteiger partial charge in [0.15, 0.2) is 0 Å². The highest BCUT2D eigenvalue weighted by Crippen LogP contribution is 2.40. The third-order valence-corrected chi connectivity index (χ3v) is 4.35. The first-order valence-corrected chi connectivity index (χ1v) is 7.22. The van der Waals surface area contributed by atoms with Crippen molar-refractivity contribution in [1.29, 1.82) is 0 Å². The van der Waals surface area contributed by atoms with E-state index in [2.05, 4.69) is 34.0 Å². The first-order chi connectivity index (χ1) is 9.20. The number of nitrogens with one attached hydrogen (secondary N) is 1. The molecule has 2 atom stereocenters. The van der Waals surface area contributed by atoms with Crippen LogP contribution in [-0.4, -0.2) is 39.8 Å². The van der Waals surface area contributed by atoms with Crippen LogP contribution in [0.4, 0.5) is 11.6 Å². The Kier molecular flexibility index (Phi) is 3.31. The maximum atomic E-state index is 9.89. The summed E-state index contributed by atoms with van der Waals surface area (Å²) in [5.41, 5.74) is 1.12. The van der Waals surface area contributed by atoms with E-state index in [0.29, 0.717) is 12.1 Å². The topological polar surface area (TPSA) is 61.3 Å². The van der Waals surface area contributed by atoms with E-state index in [1.54, 1.807) is 6.33 Å². The molecule has 0 radical (unpaired) electrons. The zero-order valence-corrected chi connectivity index (χ0v) is 11.6. The average Bonchev–Trinajstić information content (AvgIpc) is 2.65. The SMILES string of the molecule is CCNc1ncnc(N2C3CCC2CC(O)C3)c1C. The van der Waals surface area contributed by atoms with Gasteiger partial charge in [-0.1, -0.05) is 0 Å². The van der Waals surface area contributed by atoms with Gasteiger partial charge in [-0.2, -0.15) is 0 Å². The van der Waals surface area contributed by atoms with E-state index in [1.165, 1.54) is 12.8 Å². The molecule has 2 aliphatic rings. The molecule has 0 saturated carbocycles. The van der Waals surface area contributed by atoms with Gasteiger partial charge in [-0.15, -0.1) is 0 Å². The maximum absolute atomic E-state index is 9.89. The second kappa shape index (κ2) is 4.96. The van der Waals surface area contributed by atoms with Crippen LogP contribution in [0.1, 0.15) is 38.2 Å². The van der Waals surface area contributed by atoms with E-state index in [1.807, 2.05) is 0 Å². The number of piperidine rings is 1. The van der Waals surface area contributed by atoms with Crippen molar-refractivity contribution < 1.29 is 5.11 Å². The minimum absolute atomic E-state index is 0.135. The monoisotopic (exact) mass is 262 g/mol. The molecule has 2 fully saturated rings. The molecule has 3 rings (SSSR count). The van der Waals surface area contributed by atoms with Crippen molar-refractivity contribution >= 4 is 11.6 Å². The van der Waals surface area contributed by atoms with Crippen LogP contribution in [0.5, 0.6) is 0 Å². The summed E-state index contributed by atoms with van der Waals surface area (Å²) in [5, 5.41) is 13.2. The molecular formula is C14H22N4O. The Labute approximate surface area is 114 Å². The number of anilines is 2. The summed E-state index contributed by atoms with van der Waals surface area (Å²) >= 11 is 0. The molecule has 2 saturated heterocycles. The number of aliphatic hydroxyl groups is 1. The van der Waals surface area contributed by atoms with Crippen LogP contribution in [0.2, 0.25) is 0 Å². The van der Waals surface area contributed by atoms with E-state index in [4.69, 9.17) is 0 Å². The van der Waals surface area contributed by atoms with Gasteiger partial charge in [0, 0.05) is 24.2 Å². The van der Waals surface area contributed by atoms with Crippen molar-refractivity contribution in [2.24, 2.45) is 0 Å². The third kappa shape index (κ3) is 2.16. The summed E-state index contributed by atoms with van der Waals surface area (Å²) in [6, 6.07) is 0.883. The van der Waals surface area contributed by atoms with Crippen molar-refractivity contribution in [3.63, 3.8) is 0 Å². The largest absolute Gasteiger partial charge is 0.393 e. The molecule has 5 heteroatoms. The zero-order chi connectivity index (χ0) is 13.4. The Morgan fingerprint density at radius 3 is 2.63 bits per heavy atom. The van der Waals surface area contributed by atoms with Gasteiger partial charge in [0.25, 0.3) is 0 Å². The predicted molar refractivity (Wildman–Crippen MR) is 75.5 cm³/mol. The van der Waals surface area contributed by atoms with Crippen LogP contribution in [0.15, 0.2) is 6.33 Å². The molecule has 0 spiro atoms. The molecule has 19 heavy (non-hydrogen) atoms. The van der Waals surface area contributed by atoms with E-state index in [-0.39, 0.29) is 6.10 Å². The molecular weight excluding hydrogens is 240 g/mol. The van der Waals surface area contributed by atoms with Crippen molar-refractivity contribution in [2.45, 2.75) is 57.7 Å². The molecule has 0 amide bonds. The van der Waals surface area contributed by atoms with Crippen LogP contribution >= 0.6 is 0 Å². The number of nitrogens with zero attached hydrogens (tertiary/aromatic N) is 3. The first kappa shape index (κ1) is 12.7. The summed E-state index contributed by atoms with van der Waals surface area (Å²) in [5.74, 6) is 1.98. The summed E-state index contributed by atoms with van der Waals surface area (Å²) in [6.45, 7) is 5.02. The number of hydrogen-bond acceptors (Lipinski definition) is 5. The highest BCUT2D eigenvalue weighted by atomic mass is 16.3. The van der Waals surface area contributed by atoms with E-state index in [0.717, 1.165) is 36.6 Å². The van der Waals surface area contributed by atoms with Crippen molar-refractivity contribution in [3.05, 3.63) is 11.9 Å². The van der Waals surface area contributed by atoms with Crippen molar-refractivity contribution in [3.8, 4) is 0 Å². The Balaban J connectivity index is 1.92. The Morgan fingerprint density at radius 2 is 2.00 bits per heavy atom. The normalized spacial score (nSPS) is 29.6. The predicted octanol–water partition coefficient (Wildman–Crippen LogP) is 1.71. The molecule has 0 aromatic carbocycles. The van der Waals surface area contributed by atoms with Crippen LogP contribution in [-0.2, 0) is 0 Å². The lowest BCUT2D eigenvalue weighted by atomic mass is 9.99. The van der Waals surface area contributed by atoms with Gasteiger partial charge in [-0.25, -0.2) is 9.97 Å². The molecule has 104 valence electrons. The molecule has 1 aromatic heterocycles. The zero-order valence-electron chi connectivity index (χ0n) is 11.6. The fraction of sp³-hybridized carbons (Fsp3) is 0.714. The number of fused-ring (bicyclic) bond motifs is 2. The fourth-order valence-electron chi connectivity index (χ4n) is 3.54. The quantitative estimate of drug-likeness (QED) is 0.868. The maximum Gasteiger partial charge on any atom is 0.137 e. The second-order valence-electron chi connectivity index (χ2n) is 5.62. The van der Waals surface area contributed by atoms with Gasteiger partial charge in [-0.05, 0) is 39.5 Å². The van der Waals surface area contributed by atoms with Gasteiger partial charge in [-0.3, -0.25) is 0 Å². The van der Waals surface area contributed by atoms with Gasteiger partial charge in [0.1, 0.15) is 18.0 Å². The van der Waals surface area contributed by atoms with E-state index < -0.39 is 0 Å². The standard InChI is InChI=1S/C14H22N4O/c1-3-15-13-9(2)14(17-8-16-13)18-10-4-5-11(18)7-12(19)6-10/h8,10-12,19H,3-7H2,1-2H3,(H,15,16,17). The molecule has 0 aliphatic carbocycles. The van der Waals surface area contributed by atoms with Crippen molar-refractivity contribution in [2.75, 3.05) is 16.8 Å². The highest BCUT2D eigenvalue weighted by Gasteiger charge is 2.41. The van der Waals surface area contributed by atoms with Crippen LogP contribution in [0.3, 0.4) is 0 Å². The Morgan fingerprint density at radius 1 is 1.32 bits per heavy atom. The number of aliphatic hydroxyl groups excluding tert-OH is 1. The molecule has 2 N–H and O–H groups in total. The molecule has 3 heterocycles. The molecule has 5 nitrogen and oxygen atoms in total. The van der Waals surface area contributed by atoms with Gasteiger partial charge >= 0.3 is 0 Å². The van der Waals surface area contributed by atoms with Crippen LogP contribution in [0, 0.1) is 6.92 Å². The molecule has 2 unspecified atom stereocenters. The smallest absolute Gasteiger partial charge is 0.137 e. The fourth-order valence-corrected chi connectivity index (χ4v) is 3.54. The first-order valence-electron chi connectivity index (χ1n) is 7.22. The summed E-state index contributed by atoms with van der Waals surface area (Å²) < 4.78 is 0. The lowest BCUT2D eigenvalue weighted by Crippen LogP contribution is -2.45. The number of rotatable bonds is 3. The van der Waals surface area contributed by atoms with Crippen LogP contribution < -0.4 is 10.2 Å². The second-order valence-corrected chi connectivity index (χ2v) is 5.62. The summed E-state index contributed by atoms with van der Waals surface area (Å²) in [7, 11) is 0. The summed E-state index contributed by atoms with van der Waals surface area (Å²) in [6.07, 6.45) is 5.59. The average molecular weight is 262 g/mol. The van der Waals surface area contributed by atoms with E-state index >= 15 is 0 Å². The molecule has 2 bridgehead atoms. The number of hydrogen-bond donors (Lipinski definition) is 2. The molecule has 2 aliphatic heterocycles. The Hall–Kier alpha value is -1.36. The van der Waals surface area contributed by atoms with Crippen molar-refractivity contribution in [1.82, 2.24) is 9.97 Å². The third-order valence-electron chi connectivity index (χ3n) is 4.35. The van der Waals surface area contributed by atoms with Crippen LogP contribution in [0.25, 0.3) is 0 Å². The summed E-state index contributed by atoms with van der Waals surface area (Å²) in [4.78, 5) is 11.2. The lowest BCUT2D eigenvalue weighted by Gasteiger charge is -2.38. The van der Waals surface area contributed by atoms with Gasteiger partial charge < -0.3 is 15.3 Å².